The lowest BCUT2D eigenvalue weighted by molar-refractivity contribution is 0.601. The van der Waals surface area contributed by atoms with Gasteiger partial charge < -0.3 is 5.73 Å². The van der Waals surface area contributed by atoms with Crippen molar-refractivity contribution >= 4 is 21.5 Å². The number of benzene rings is 2. The van der Waals surface area contributed by atoms with E-state index in [1.54, 1.807) is 42.5 Å². The van der Waals surface area contributed by atoms with E-state index >= 15 is 0 Å². The smallest absolute Gasteiger partial charge is 0.261 e. The average Bonchev–Trinajstić information content (AvgIpc) is 2.98. The molecule has 0 unspecified atom stereocenters. The summed E-state index contributed by atoms with van der Waals surface area (Å²) in [5.74, 6) is 0.144. The van der Waals surface area contributed by atoms with Crippen LogP contribution < -0.4 is 10.5 Å². The van der Waals surface area contributed by atoms with E-state index in [0.717, 1.165) is 11.1 Å². The second-order valence-corrected chi connectivity index (χ2v) is 7.52. The fraction of sp³-hybridized carbons (Fsp3) is 0.111. The van der Waals surface area contributed by atoms with Crippen LogP contribution in [0.1, 0.15) is 16.7 Å². The second-order valence-electron chi connectivity index (χ2n) is 5.84. The van der Waals surface area contributed by atoms with Crippen LogP contribution in [-0.2, 0) is 10.0 Å². The van der Waals surface area contributed by atoms with E-state index in [4.69, 9.17) is 11.0 Å². The monoisotopic (exact) mass is 367 g/mol. The first-order chi connectivity index (χ1) is 12.3. The summed E-state index contributed by atoms with van der Waals surface area (Å²) in [7, 11) is -3.79. The molecule has 0 aliphatic carbocycles. The van der Waals surface area contributed by atoms with Crippen LogP contribution >= 0.6 is 0 Å². The van der Waals surface area contributed by atoms with Gasteiger partial charge in [0.2, 0.25) is 0 Å². The van der Waals surface area contributed by atoms with Gasteiger partial charge in [-0.15, -0.1) is 0 Å². The van der Waals surface area contributed by atoms with Crippen LogP contribution in [0.2, 0.25) is 0 Å². The molecule has 0 bridgehead atoms. The molecule has 7 nitrogen and oxygen atoms in total. The molecule has 3 rings (SSSR count). The summed E-state index contributed by atoms with van der Waals surface area (Å²) in [4.78, 5) is 0.168. The predicted molar refractivity (Wildman–Crippen MR) is 99.4 cm³/mol. The molecule has 1 aromatic heterocycles. The molecule has 3 aromatic rings. The Labute approximate surface area is 151 Å². The molecule has 0 amide bonds. The molecular formula is C18H17N5O2S. The van der Waals surface area contributed by atoms with Crippen LogP contribution in [0, 0.1) is 25.2 Å². The lowest BCUT2D eigenvalue weighted by Gasteiger charge is -2.14. The Morgan fingerprint density at radius 1 is 1.15 bits per heavy atom. The van der Waals surface area contributed by atoms with E-state index in [9.17, 15) is 8.42 Å². The van der Waals surface area contributed by atoms with Gasteiger partial charge in [0.15, 0.2) is 0 Å². The average molecular weight is 367 g/mol. The first-order valence-electron chi connectivity index (χ1n) is 7.76. The van der Waals surface area contributed by atoms with Crippen molar-refractivity contribution in [3.05, 3.63) is 65.4 Å². The first-order valence-corrected chi connectivity index (χ1v) is 9.25. The summed E-state index contributed by atoms with van der Waals surface area (Å²) in [5, 5.41) is 13.1. The van der Waals surface area contributed by atoms with Gasteiger partial charge >= 0.3 is 0 Å². The number of aryl methyl sites for hydroxylation is 2. The molecule has 1 heterocycles. The van der Waals surface area contributed by atoms with Gasteiger partial charge in [-0.25, -0.2) is 13.1 Å². The highest BCUT2D eigenvalue weighted by Crippen LogP contribution is 2.26. The third kappa shape index (κ3) is 3.12. The molecule has 26 heavy (non-hydrogen) atoms. The van der Waals surface area contributed by atoms with Gasteiger partial charge in [-0.3, -0.25) is 4.72 Å². The summed E-state index contributed by atoms with van der Waals surface area (Å²) in [6.07, 6.45) is 1.34. The molecule has 0 saturated carbocycles. The number of nitrogens with two attached hydrogens (primary N) is 1. The van der Waals surface area contributed by atoms with Crippen molar-refractivity contribution in [2.45, 2.75) is 18.7 Å². The SMILES string of the molecule is Cc1ccc(S(=O)(=O)Nc2ccccc2-n2ncc(C#N)c2N)cc1C. The summed E-state index contributed by atoms with van der Waals surface area (Å²) < 4.78 is 29.4. The maximum absolute atomic E-state index is 12.8. The van der Waals surface area contributed by atoms with Crippen molar-refractivity contribution in [1.82, 2.24) is 9.78 Å². The minimum atomic E-state index is -3.79. The summed E-state index contributed by atoms with van der Waals surface area (Å²) in [6, 6.07) is 13.6. The minimum Gasteiger partial charge on any atom is -0.382 e. The maximum Gasteiger partial charge on any atom is 0.261 e. The summed E-state index contributed by atoms with van der Waals surface area (Å²) in [5.41, 5.74) is 8.78. The zero-order chi connectivity index (χ0) is 18.9. The van der Waals surface area contributed by atoms with E-state index < -0.39 is 10.0 Å². The van der Waals surface area contributed by atoms with Gasteiger partial charge in [-0.2, -0.15) is 10.4 Å². The van der Waals surface area contributed by atoms with Gasteiger partial charge in [0.1, 0.15) is 17.5 Å². The number of nitriles is 1. The highest BCUT2D eigenvalue weighted by molar-refractivity contribution is 7.92. The van der Waals surface area contributed by atoms with Gasteiger partial charge in [0.05, 0.1) is 22.5 Å². The highest BCUT2D eigenvalue weighted by Gasteiger charge is 2.19. The number of anilines is 2. The minimum absolute atomic E-state index is 0.144. The van der Waals surface area contributed by atoms with Crippen molar-refractivity contribution in [1.29, 1.82) is 5.26 Å². The van der Waals surface area contributed by atoms with E-state index in [0.29, 0.717) is 11.4 Å². The van der Waals surface area contributed by atoms with E-state index in [1.165, 1.54) is 10.9 Å². The van der Waals surface area contributed by atoms with E-state index in [1.807, 2.05) is 19.9 Å². The second kappa shape index (κ2) is 6.54. The molecule has 0 fully saturated rings. The Bertz CT molecular complexity index is 1130. The van der Waals surface area contributed by atoms with Crippen molar-refractivity contribution in [2.75, 3.05) is 10.5 Å². The fourth-order valence-corrected chi connectivity index (χ4v) is 3.62. The Hall–Kier alpha value is -3.31. The first kappa shape index (κ1) is 17.5. The van der Waals surface area contributed by atoms with Crippen LogP contribution in [0.25, 0.3) is 5.69 Å². The van der Waals surface area contributed by atoms with Crippen LogP contribution in [-0.4, -0.2) is 18.2 Å². The van der Waals surface area contributed by atoms with Crippen molar-refractivity contribution in [3.63, 3.8) is 0 Å². The normalized spacial score (nSPS) is 11.1. The van der Waals surface area contributed by atoms with Crippen LogP contribution in [0.5, 0.6) is 0 Å². The highest BCUT2D eigenvalue weighted by atomic mass is 32.2. The Morgan fingerprint density at radius 3 is 2.54 bits per heavy atom. The summed E-state index contributed by atoms with van der Waals surface area (Å²) in [6.45, 7) is 3.78. The third-order valence-electron chi connectivity index (χ3n) is 4.09. The van der Waals surface area contributed by atoms with E-state index in [2.05, 4.69) is 9.82 Å². The number of hydrogen-bond acceptors (Lipinski definition) is 5. The molecule has 3 N–H and O–H groups in total. The molecular weight excluding hydrogens is 350 g/mol. The van der Waals surface area contributed by atoms with Gasteiger partial charge in [0.25, 0.3) is 10.0 Å². The predicted octanol–water partition coefficient (Wildman–Crippen LogP) is 2.74. The quantitative estimate of drug-likeness (QED) is 0.736. The molecule has 132 valence electrons. The number of aromatic nitrogens is 2. The maximum atomic E-state index is 12.8. The lowest BCUT2D eigenvalue weighted by Crippen LogP contribution is -2.15. The molecule has 0 atom stereocenters. The lowest BCUT2D eigenvalue weighted by atomic mass is 10.1. The Morgan fingerprint density at radius 2 is 1.88 bits per heavy atom. The van der Waals surface area contributed by atoms with Crippen molar-refractivity contribution in [2.24, 2.45) is 0 Å². The van der Waals surface area contributed by atoms with Gasteiger partial charge in [0, 0.05) is 0 Å². The number of para-hydroxylation sites is 2. The van der Waals surface area contributed by atoms with Crippen LogP contribution in [0.3, 0.4) is 0 Å². The summed E-state index contributed by atoms with van der Waals surface area (Å²) >= 11 is 0. The number of nitrogens with one attached hydrogen (secondary N) is 1. The molecule has 0 spiro atoms. The number of hydrogen-bond donors (Lipinski definition) is 2. The Kier molecular flexibility index (Phi) is 4.40. The molecule has 0 aliphatic heterocycles. The van der Waals surface area contributed by atoms with Crippen LogP contribution in [0.15, 0.2) is 53.6 Å². The largest absolute Gasteiger partial charge is 0.382 e. The van der Waals surface area contributed by atoms with Crippen LogP contribution in [0.4, 0.5) is 11.5 Å². The van der Waals surface area contributed by atoms with Gasteiger partial charge in [-0.1, -0.05) is 18.2 Å². The third-order valence-corrected chi connectivity index (χ3v) is 5.46. The van der Waals surface area contributed by atoms with E-state index in [-0.39, 0.29) is 16.3 Å². The number of nitrogens with zero attached hydrogens (tertiary/aromatic N) is 3. The van der Waals surface area contributed by atoms with Crippen molar-refractivity contribution in [3.8, 4) is 11.8 Å². The molecule has 0 saturated heterocycles. The van der Waals surface area contributed by atoms with Crippen molar-refractivity contribution < 1.29 is 8.42 Å². The topological polar surface area (TPSA) is 114 Å². The Balaban J connectivity index is 2.04. The zero-order valence-corrected chi connectivity index (χ0v) is 15.1. The number of nitrogen functional groups attached to an aromatic ring is 1. The molecule has 2 aromatic carbocycles. The zero-order valence-electron chi connectivity index (χ0n) is 14.3. The number of sulfonamides is 1. The van der Waals surface area contributed by atoms with Gasteiger partial charge in [-0.05, 0) is 49.2 Å². The molecule has 8 heteroatoms. The number of rotatable bonds is 4. The standard InChI is InChI=1S/C18H17N5O2S/c1-12-7-8-15(9-13(12)2)26(24,25)22-16-5-3-4-6-17(16)23-18(20)14(10-19)11-21-23/h3-9,11,22H,20H2,1-2H3. The fourth-order valence-electron chi connectivity index (χ4n) is 2.47. The molecule has 0 radical (unpaired) electrons. The molecule has 0 aliphatic rings.